The van der Waals surface area contributed by atoms with E-state index >= 15 is 0 Å². The van der Waals surface area contributed by atoms with Crippen LogP contribution >= 0.6 is 0 Å². The first-order valence-electron chi connectivity index (χ1n) is 5.77. The van der Waals surface area contributed by atoms with E-state index < -0.39 is 0 Å². The fourth-order valence-corrected chi connectivity index (χ4v) is 2.11. The van der Waals surface area contributed by atoms with Crippen LogP contribution in [0.2, 0.25) is 0 Å². The van der Waals surface area contributed by atoms with E-state index in [2.05, 4.69) is 20.8 Å². The van der Waals surface area contributed by atoms with Crippen molar-refractivity contribution < 1.29 is 4.79 Å². The maximum atomic E-state index is 11.6. The Labute approximate surface area is 95.0 Å². The number of fused-ring (bicyclic) bond motifs is 1. The van der Waals surface area contributed by atoms with Crippen molar-refractivity contribution in [3.63, 3.8) is 0 Å². The average molecular weight is 222 g/mol. The van der Waals surface area contributed by atoms with Crippen LogP contribution in [-0.4, -0.2) is 29.7 Å². The number of carbonyl (C=O) groups excluding carboxylic acids is 1. The Morgan fingerprint density at radius 2 is 2.56 bits per heavy atom. The van der Waals surface area contributed by atoms with Crippen molar-refractivity contribution in [1.82, 2.24) is 20.8 Å². The van der Waals surface area contributed by atoms with E-state index in [0.29, 0.717) is 13.0 Å². The molecule has 2 rings (SSSR count). The van der Waals surface area contributed by atoms with Crippen molar-refractivity contribution in [1.29, 1.82) is 0 Å². The first kappa shape index (κ1) is 11.1. The van der Waals surface area contributed by atoms with Gasteiger partial charge in [0.2, 0.25) is 5.91 Å². The number of aryl methyl sites for hydroxylation is 1. The average Bonchev–Trinajstić information content (AvgIpc) is 2.75. The number of hydrogen-bond donors (Lipinski definition) is 3. The lowest BCUT2D eigenvalue weighted by Gasteiger charge is -2.22. The minimum absolute atomic E-state index is 0.0989. The fraction of sp³-hybridized carbons (Fsp3) is 0.636. The standard InChI is InChI=1S/C11H18N4O/c1-12-6-5-10(16)14-9-4-2-3-8-7-13-15-11(8)9/h7,9,12H,2-6H2,1H3,(H,13,15)(H,14,16). The molecule has 1 aromatic rings. The molecule has 1 heterocycles. The molecule has 1 aliphatic rings. The first-order valence-corrected chi connectivity index (χ1v) is 5.77. The van der Waals surface area contributed by atoms with Crippen molar-refractivity contribution >= 4 is 5.91 Å². The largest absolute Gasteiger partial charge is 0.348 e. The van der Waals surface area contributed by atoms with Crippen LogP contribution in [0, 0.1) is 0 Å². The highest BCUT2D eigenvalue weighted by Gasteiger charge is 2.23. The monoisotopic (exact) mass is 222 g/mol. The molecule has 0 spiro atoms. The molecule has 88 valence electrons. The van der Waals surface area contributed by atoms with E-state index in [1.54, 1.807) is 0 Å². The number of H-pyrrole nitrogens is 1. The summed E-state index contributed by atoms with van der Waals surface area (Å²) in [6, 6.07) is 0.121. The van der Waals surface area contributed by atoms with Crippen LogP contribution in [0.1, 0.15) is 36.6 Å². The van der Waals surface area contributed by atoms with Gasteiger partial charge in [0.25, 0.3) is 0 Å². The number of aromatic nitrogens is 2. The molecule has 3 N–H and O–H groups in total. The molecule has 0 radical (unpaired) electrons. The summed E-state index contributed by atoms with van der Waals surface area (Å²) in [6.45, 7) is 0.717. The van der Waals surface area contributed by atoms with E-state index in [1.165, 1.54) is 5.56 Å². The first-order chi connectivity index (χ1) is 7.81. The van der Waals surface area contributed by atoms with Crippen LogP contribution in [0.25, 0.3) is 0 Å². The maximum absolute atomic E-state index is 11.6. The minimum Gasteiger partial charge on any atom is -0.348 e. The smallest absolute Gasteiger partial charge is 0.221 e. The summed E-state index contributed by atoms with van der Waals surface area (Å²) in [5, 5.41) is 13.0. The highest BCUT2D eigenvalue weighted by Crippen LogP contribution is 2.27. The van der Waals surface area contributed by atoms with Crippen molar-refractivity contribution in [2.75, 3.05) is 13.6 Å². The molecule has 1 amide bonds. The summed E-state index contributed by atoms with van der Waals surface area (Å²) in [5.74, 6) is 0.0989. The van der Waals surface area contributed by atoms with E-state index in [-0.39, 0.29) is 11.9 Å². The van der Waals surface area contributed by atoms with Crippen LogP contribution in [0.3, 0.4) is 0 Å². The normalized spacial score (nSPS) is 19.2. The molecular weight excluding hydrogens is 204 g/mol. The lowest BCUT2D eigenvalue weighted by atomic mass is 9.93. The number of hydrogen-bond acceptors (Lipinski definition) is 3. The van der Waals surface area contributed by atoms with Gasteiger partial charge in [0.15, 0.2) is 0 Å². The third-order valence-corrected chi connectivity index (χ3v) is 2.98. The van der Waals surface area contributed by atoms with Gasteiger partial charge in [-0.15, -0.1) is 0 Å². The highest BCUT2D eigenvalue weighted by atomic mass is 16.1. The van der Waals surface area contributed by atoms with Gasteiger partial charge in [0.05, 0.1) is 17.9 Å². The molecule has 5 heteroatoms. The zero-order valence-corrected chi connectivity index (χ0v) is 9.55. The zero-order valence-electron chi connectivity index (χ0n) is 9.55. The van der Waals surface area contributed by atoms with Gasteiger partial charge in [0.1, 0.15) is 0 Å². The van der Waals surface area contributed by atoms with Gasteiger partial charge in [-0.05, 0) is 31.9 Å². The molecule has 0 saturated heterocycles. The molecule has 1 aromatic heterocycles. The number of aromatic amines is 1. The predicted molar refractivity (Wildman–Crippen MR) is 61.0 cm³/mol. The van der Waals surface area contributed by atoms with Crippen molar-refractivity contribution in [3.05, 3.63) is 17.5 Å². The third kappa shape index (κ3) is 2.41. The highest BCUT2D eigenvalue weighted by molar-refractivity contribution is 5.76. The summed E-state index contributed by atoms with van der Waals surface area (Å²) in [4.78, 5) is 11.6. The Hall–Kier alpha value is -1.36. The molecule has 1 atom stereocenters. The molecule has 0 fully saturated rings. The predicted octanol–water partition coefficient (Wildman–Crippen LogP) is 0.513. The number of nitrogens with one attached hydrogen (secondary N) is 3. The lowest BCUT2D eigenvalue weighted by Crippen LogP contribution is -2.32. The van der Waals surface area contributed by atoms with Crippen molar-refractivity contribution in [2.45, 2.75) is 31.7 Å². The minimum atomic E-state index is 0.0989. The number of rotatable bonds is 4. The summed E-state index contributed by atoms with van der Waals surface area (Å²) < 4.78 is 0. The summed E-state index contributed by atoms with van der Waals surface area (Å²) in [5.41, 5.74) is 2.33. The summed E-state index contributed by atoms with van der Waals surface area (Å²) in [6.07, 6.45) is 5.57. The van der Waals surface area contributed by atoms with E-state index in [9.17, 15) is 4.79 Å². The second-order valence-electron chi connectivity index (χ2n) is 4.17. The molecule has 0 aromatic carbocycles. The van der Waals surface area contributed by atoms with Crippen LogP contribution < -0.4 is 10.6 Å². The molecule has 5 nitrogen and oxygen atoms in total. The van der Waals surface area contributed by atoms with Crippen molar-refractivity contribution in [3.8, 4) is 0 Å². The van der Waals surface area contributed by atoms with Crippen LogP contribution in [0.5, 0.6) is 0 Å². The number of carbonyl (C=O) groups is 1. The Morgan fingerprint density at radius 1 is 1.69 bits per heavy atom. The Kier molecular flexibility index (Phi) is 3.56. The van der Waals surface area contributed by atoms with Gasteiger partial charge in [-0.1, -0.05) is 0 Å². The molecular formula is C11H18N4O. The van der Waals surface area contributed by atoms with Gasteiger partial charge in [-0.25, -0.2) is 0 Å². The SMILES string of the molecule is CNCCC(=O)NC1CCCc2cn[nH]c21. The Balaban J connectivity index is 1.94. The maximum Gasteiger partial charge on any atom is 0.221 e. The molecule has 0 saturated carbocycles. The summed E-state index contributed by atoms with van der Waals surface area (Å²) in [7, 11) is 1.85. The van der Waals surface area contributed by atoms with Crippen molar-refractivity contribution in [2.24, 2.45) is 0 Å². The number of amides is 1. The van der Waals surface area contributed by atoms with Crippen LogP contribution in [-0.2, 0) is 11.2 Å². The van der Waals surface area contributed by atoms with E-state index in [4.69, 9.17) is 0 Å². The number of nitrogens with zero attached hydrogens (tertiary/aromatic N) is 1. The lowest BCUT2D eigenvalue weighted by molar-refractivity contribution is -0.121. The molecule has 1 unspecified atom stereocenters. The summed E-state index contributed by atoms with van der Waals surface area (Å²) >= 11 is 0. The Morgan fingerprint density at radius 3 is 3.38 bits per heavy atom. The molecule has 1 aliphatic carbocycles. The molecule has 0 aliphatic heterocycles. The van der Waals surface area contributed by atoms with E-state index in [1.807, 2.05) is 13.2 Å². The molecule has 0 bridgehead atoms. The Bertz CT molecular complexity index is 361. The van der Waals surface area contributed by atoms with Gasteiger partial charge < -0.3 is 10.6 Å². The van der Waals surface area contributed by atoms with Gasteiger partial charge in [-0.2, -0.15) is 5.10 Å². The fourth-order valence-electron chi connectivity index (χ4n) is 2.11. The second kappa shape index (κ2) is 5.12. The quantitative estimate of drug-likeness (QED) is 0.695. The van der Waals surface area contributed by atoms with E-state index in [0.717, 1.165) is 25.0 Å². The zero-order chi connectivity index (χ0) is 11.4. The second-order valence-corrected chi connectivity index (χ2v) is 4.17. The van der Waals surface area contributed by atoms with Gasteiger partial charge >= 0.3 is 0 Å². The van der Waals surface area contributed by atoms with Gasteiger partial charge in [0, 0.05) is 13.0 Å². The molecule has 16 heavy (non-hydrogen) atoms. The van der Waals surface area contributed by atoms with Crippen LogP contribution in [0.15, 0.2) is 6.20 Å². The topological polar surface area (TPSA) is 69.8 Å². The van der Waals surface area contributed by atoms with Gasteiger partial charge in [-0.3, -0.25) is 9.89 Å². The van der Waals surface area contributed by atoms with Crippen LogP contribution in [0.4, 0.5) is 0 Å². The third-order valence-electron chi connectivity index (χ3n) is 2.98.